The lowest BCUT2D eigenvalue weighted by molar-refractivity contribution is 0.113. The van der Waals surface area contributed by atoms with Crippen LogP contribution in [0.25, 0.3) is 0 Å². The van der Waals surface area contributed by atoms with Crippen LogP contribution >= 0.6 is 0 Å². The van der Waals surface area contributed by atoms with Crippen LogP contribution in [0, 0.1) is 11.8 Å². The van der Waals surface area contributed by atoms with E-state index in [1.54, 1.807) is 0 Å². The lowest BCUT2D eigenvalue weighted by Crippen LogP contribution is -2.18. The zero-order chi connectivity index (χ0) is 8.97. The molecular formula is C11H22O. The number of aliphatic hydroxyl groups is 1. The maximum atomic E-state index is 9.35. The van der Waals surface area contributed by atoms with E-state index in [0.29, 0.717) is 5.92 Å². The molecule has 1 aliphatic carbocycles. The van der Waals surface area contributed by atoms with Gasteiger partial charge in [0.25, 0.3) is 0 Å². The van der Waals surface area contributed by atoms with Crippen molar-refractivity contribution in [3.63, 3.8) is 0 Å². The minimum absolute atomic E-state index is 0.119. The van der Waals surface area contributed by atoms with Gasteiger partial charge < -0.3 is 5.11 Å². The van der Waals surface area contributed by atoms with Gasteiger partial charge in [-0.1, -0.05) is 39.0 Å². The molecule has 0 aliphatic heterocycles. The molecule has 12 heavy (non-hydrogen) atoms. The molecule has 0 aromatic rings. The standard InChI is InChI=1S/C11H22O/c1-9(10(2)12)8-11-6-4-3-5-7-11/h9-12H,3-8H2,1-2H3. The largest absolute Gasteiger partial charge is 0.393 e. The molecular weight excluding hydrogens is 148 g/mol. The van der Waals surface area contributed by atoms with E-state index in [1.165, 1.54) is 38.5 Å². The maximum Gasteiger partial charge on any atom is 0.0537 e. The molecule has 0 heterocycles. The van der Waals surface area contributed by atoms with Gasteiger partial charge in [-0.25, -0.2) is 0 Å². The van der Waals surface area contributed by atoms with Crippen LogP contribution in [0.15, 0.2) is 0 Å². The van der Waals surface area contributed by atoms with Crippen molar-refractivity contribution in [1.29, 1.82) is 0 Å². The van der Waals surface area contributed by atoms with Gasteiger partial charge >= 0.3 is 0 Å². The molecule has 2 unspecified atom stereocenters. The van der Waals surface area contributed by atoms with Gasteiger partial charge in [0.1, 0.15) is 0 Å². The summed E-state index contributed by atoms with van der Waals surface area (Å²) < 4.78 is 0. The number of hydrogen-bond donors (Lipinski definition) is 1. The third-order valence-corrected chi connectivity index (χ3v) is 3.25. The normalized spacial score (nSPS) is 25.2. The fourth-order valence-electron chi connectivity index (χ4n) is 2.15. The molecule has 1 fully saturated rings. The van der Waals surface area contributed by atoms with Gasteiger partial charge in [0.2, 0.25) is 0 Å². The molecule has 0 bridgehead atoms. The Morgan fingerprint density at radius 2 is 1.75 bits per heavy atom. The molecule has 0 radical (unpaired) electrons. The van der Waals surface area contributed by atoms with Crippen molar-refractivity contribution >= 4 is 0 Å². The van der Waals surface area contributed by atoms with Crippen LogP contribution in [-0.2, 0) is 0 Å². The molecule has 0 saturated heterocycles. The monoisotopic (exact) mass is 170 g/mol. The predicted octanol–water partition coefficient (Wildman–Crippen LogP) is 2.97. The summed E-state index contributed by atoms with van der Waals surface area (Å²) in [5.41, 5.74) is 0. The van der Waals surface area contributed by atoms with Gasteiger partial charge in [-0.2, -0.15) is 0 Å². The number of hydrogen-bond acceptors (Lipinski definition) is 1. The highest BCUT2D eigenvalue weighted by Crippen LogP contribution is 2.29. The second-order valence-corrected chi connectivity index (χ2v) is 4.46. The summed E-state index contributed by atoms with van der Waals surface area (Å²) in [7, 11) is 0. The van der Waals surface area contributed by atoms with Crippen molar-refractivity contribution in [3.8, 4) is 0 Å². The van der Waals surface area contributed by atoms with E-state index < -0.39 is 0 Å². The predicted molar refractivity (Wildman–Crippen MR) is 52.0 cm³/mol. The third-order valence-electron chi connectivity index (χ3n) is 3.25. The first-order chi connectivity index (χ1) is 5.70. The molecule has 2 atom stereocenters. The molecule has 1 aliphatic rings. The first-order valence-electron chi connectivity index (χ1n) is 5.38. The van der Waals surface area contributed by atoms with Crippen LogP contribution < -0.4 is 0 Å². The highest BCUT2D eigenvalue weighted by molar-refractivity contribution is 4.70. The van der Waals surface area contributed by atoms with Crippen LogP contribution in [0.1, 0.15) is 52.4 Å². The van der Waals surface area contributed by atoms with Crippen molar-refractivity contribution < 1.29 is 5.11 Å². The zero-order valence-electron chi connectivity index (χ0n) is 8.42. The van der Waals surface area contributed by atoms with E-state index >= 15 is 0 Å². The average molecular weight is 170 g/mol. The molecule has 0 aromatic carbocycles. The minimum Gasteiger partial charge on any atom is -0.393 e. The van der Waals surface area contributed by atoms with Crippen molar-refractivity contribution in [2.75, 3.05) is 0 Å². The van der Waals surface area contributed by atoms with E-state index in [1.807, 2.05) is 6.92 Å². The van der Waals surface area contributed by atoms with Crippen molar-refractivity contribution in [3.05, 3.63) is 0 Å². The van der Waals surface area contributed by atoms with E-state index in [9.17, 15) is 5.11 Å². The molecule has 1 N–H and O–H groups in total. The first-order valence-corrected chi connectivity index (χ1v) is 5.38. The molecule has 0 spiro atoms. The third kappa shape index (κ3) is 3.14. The van der Waals surface area contributed by atoms with Crippen LogP contribution in [-0.4, -0.2) is 11.2 Å². The van der Waals surface area contributed by atoms with Crippen LogP contribution in [0.5, 0.6) is 0 Å². The van der Waals surface area contributed by atoms with E-state index in [-0.39, 0.29) is 6.10 Å². The SMILES string of the molecule is CC(O)C(C)CC1CCCCC1. The fourth-order valence-corrected chi connectivity index (χ4v) is 2.15. The van der Waals surface area contributed by atoms with E-state index in [4.69, 9.17) is 0 Å². The van der Waals surface area contributed by atoms with Crippen molar-refractivity contribution in [2.45, 2.75) is 58.5 Å². The molecule has 1 rings (SSSR count). The van der Waals surface area contributed by atoms with Gasteiger partial charge in [-0.3, -0.25) is 0 Å². The summed E-state index contributed by atoms with van der Waals surface area (Å²) in [5.74, 6) is 1.40. The lowest BCUT2D eigenvalue weighted by atomic mass is 9.82. The van der Waals surface area contributed by atoms with Gasteiger partial charge in [0, 0.05) is 0 Å². The van der Waals surface area contributed by atoms with Crippen molar-refractivity contribution in [2.24, 2.45) is 11.8 Å². The lowest BCUT2D eigenvalue weighted by Gasteiger charge is -2.25. The quantitative estimate of drug-likeness (QED) is 0.690. The topological polar surface area (TPSA) is 20.2 Å². The maximum absolute atomic E-state index is 9.35. The Balaban J connectivity index is 2.20. The highest BCUT2D eigenvalue weighted by atomic mass is 16.3. The van der Waals surface area contributed by atoms with Gasteiger partial charge in [-0.15, -0.1) is 0 Å². The van der Waals surface area contributed by atoms with Gasteiger partial charge in [0.15, 0.2) is 0 Å². The Hall–Kier alpha value is -0.0400. The van der Waals surface area contributed by atoms with Gasteiger partial charge in [0.05, 0.1) is 6.10 Å². The Morgan fingerprint density at radius 3 is 2.25 bits per heavy atom. The second-order valence-electron chi connectivity index (χ2n) is 4.46. The molecule has 1 nitrogen and oxygen atoms in total. The van der Waals surface area contributed by atoms with Crippen LogP contribution in [0.2, 0.25) is 0 Å². The summed E-state index contributed by atoms with van der Waals surface area (Å²) in [6.45, 7) is 4.08. The molecule has 1 heteroatoms. The van der Waals surface area contributed by atoms with Crippen LogP contribution in [0.4, 0.5) is 0 Å². The molecule has 1 saturated carbocycles. The Morgan fingerprint density at radius 1 is 1.17 bits per heavy atom. The summed E-state index contributed by atoms with van der Waals surface area (Å²) in [6, 6.07) is 0. The smallest absolute Gasteiger partial charge is 0.0537 e. The summed E-state index contributed by atoms with van der Waals surface area (Å²) in [5, 5.41) is 9.35. The van der Waals surface area contributed by atoms with Gasteiger partial charge in [-0.05, 0) is 25.2 Å². The Kier molecular flexibility index (Phi) is 4.07. The van der Waals surface area contributed by atoms with Crippen LogP contribution in [0.3, 0.4) is 0 Å². The zero-order valence-corrected chi connectivity index (χ0v) is 8.42. The summed E-state index contributed by atoms with van der Waals surface area (Å²) in [4.78, 5) is 0. The number of rotatable bonds is 3. The molecule has 0 aromatic heterocycles. The summed E-state index contributed by atoms with van der Waals surface area (Å²) in [6.07, 6.45) is 8.17. The minimum atomic E-state index is -0.119. The molecule has 72 valence electrons. The summed E-state index contributed by atoms with van der Waals surface area (Å²) >= 11 is 0. The highest BCUT2D eigenvalue weighted by Gasteiger charge is 2.18. The van der Waals surface area contributed by atoms with E-state index in [0.717, 1.165) is 5.92 Å². The second kappa shape index (κ2) is 4.86. The number of aliphatic hydroxyl groups excluding tert-OH is 1. The first kappa shape index (κ1) is 10.0. The van der Waals surface area contributed by atoms with E-state index in [2.05, 4.69) is 6.92 Å². The molecule has 0 amide bonds. The Bertz CT molecular complexity index is 114. The van der Waals surface area contributed by atoms with Crippen molar-refractivity contribution in [1.82, 2.24) is 0 Å². The average Bonchev–Trinajstić information content (AvgIpc) is 2.06. The Labute approximate surface area is 76.2 Å². The fraction of sp³-hybridized carbons (Fsp3) is 1.00.